The molecule has 0 atom stereocenters. The average molecular weight is 541 g/mol. The van der Waals surface area contributed by atoms with E-state index < -0.39 is 0 Å². The molecule has 1 saturated heterocycles. The van der Waals surface area contributed by atoms with Crippen LogP contribution in [0.3, 0.4) is 0 Å². The Kier molecular flexibility index (Phi) is 6.71. The van der Waals surface area contributed by atoms with Crippen molar-refractivity contribution in [3.05, 3.63) is 54.6 Å². The number of carbonyl (C=O) groups is 1. The highest BCUT2D eigenvalue weighted by Crippen LogP contribution is 2.47. The maximum atomic E-state index is 12.4. The van der Waals surface area contributed by atoms with Crippen molar-refractivity contribution in [2.45, 2.75) is 76.5 Å². The van der Waals surface area contributed by atoms with Crippen molar-refractivity contribution in [2.24, 2.45) is 0 Å². The number of hydrogen-bond donors (Lipinski definition) is 2. The Morgan fingerprint density at radius 3 is 2.42 bits per heavy atom. The van der Waals surface area contributed by atoms with Gasteiger partial charge in [0.25, 0.3) is 0 Å². The second-order valence-electron chi connectivity index (χ2n) is 11.3. The number of amides is 2. The van der Waals surface area contributed by atoms with Crippen LogP contribution < -0.4 is 15.4 Å². The van der Waals surface area contributed by atoms with Crippen LogP contribution in [0.5, 0.6) is 5.75 Å². The van der Waals surface area contributed by atoms with E-state index >= 15 is 0 Å². The van der Waals surface area contributed by atoms with Crippen molar-refractivity contribution in [2.75, 3.05) is 18.5 Å². The summed E-state index contributed by atoms with van der Waals surface area (Å²) < 4.78 is 20.1. The Balaban J connectivity index is 1.29. The van der Waals surface area contributed by atoms with Gasteiger partial charge in [0, 0.05) is 54.6 Å². The molecule has 0 radical (unpaired) electrons. The van der Waals surface area contributed by atoms with Crippen LogP contribution in [0.25, 0.3) is 33.4 Å². The molecule has 3 heterocycles. The predicted molar refractivity (Wildman–Crippen MR) is 155 cm³/mol. The topological polar surface area (TPSA) is 90.6 Å². The summed E-state index contributed by atoms with van der Waals surface area (Å²) in [6, 6.07) is 15.2. The van der Waals surface area contributed by atoms with E-state index in [0.29, 0.717) is 18.0 Å². The van der Waals surface area contributed by atoms with Crippen LogP contribution in [0.4, 0.5) is 10.5 Å². The van der Waals surface area contributed by atoms with Gasteiger partial charge in [-0.05, 0) is 68.4 Å². The lowest BCUT2D eigenvalue weighted by Crippen LogP contribution is -2.41. The van der Waals surface area contributed by atoms with Crippen molar-refractivity contribution >= 4 is 22.6 Å². The van der Waals surface area contributed by atoms with Gasteiger partial charge in [-0.15, -0.1) is 0 Å². The minimum atomic E-state index is -0.142. The fourth-order valence-corrected chi connectivity index (χ4v) is 6.01. The quantitative estimate of drug-likeness (QED) is 0.258. The van der Waals surface area contributed by atoms with E-state index in [1.54, 1.807) is 6.26 Å². The Hall–Kier alpha value is -3.78. The maximum absolute atomic E-state index is 12.4. The lowest BCUT2D eigenvalue weighted by molar-refractivity contribution is 0.0256. The first-order chi connectivity index (χ1) is 19.6. The zero-order valence-corrected chi connectivity index (χ0v) is 22.9. The molecule has 40 heavy (non-hydrogen) atoms. The standard InChI is InChI=1S/C32H36N4O4/c1-20-33-28(19-39-20)30-27-13-12-26(40-25-14-16-38-17-15-25)18-29(27)36(24-6-3-7-24)31(30)21-8-10-23(11-9-21)35-32(37)34-22-4-2-5-22/h8-13,18-19,22,24-25H,2-7,14-17H2,1H3,(H2,34,35,37). The van der Waals surface area contributed by atoms with Crippen molar-refractivity contribution in [1.82, 2.24) is 14.9 Å². The average Bonchev–Trinajstić information content (AvgIpc) is 3.47. The minimum Gasteiger partial charge on any atom is -0.490 e. The molecule has 2 saturated carbocycles. The molecule has 3 fully saturated rings. The first-order valence-corrected chi connectivity index (χ1v) is 14.6. The highest BCUT2D eigenvalue weighted by Gasteiger charge is 2.30. The summed E-state index contributed by atoms with van der Waals surface area (Å²) in [7, 11) is 0. The molecule has 208 valence electrons. The van der Waals surface area contributed by atoms with Gasteiger partial charge in [-0.3, -0.25) is 0 Å². The SMILES string of the molecule is Cc1nc(-c2c(-c3ccc(NC(=O)NC4CCC4)cc3)n(C3CCC3)c3cc(OC4CCOCC4)ccc23)co1. The summed E-state index contributed by atoms with van der Waals surface area (Å²) >= 11 is 0. The Bertz CT molecular complexity index is 1510. The first kappa shape index (κ1) is 25.2. The Morgan fingerprint density at radius 1 is 1.00 bits per heavy atom. The van der Waals surface area contributed by atoms with Gasteiger partial charge in [0.1, 0.15) is 23.8 Å². The number of aryl methyl sites for hydroxylation is 1. The molecule has 1 aliphatic heterocycles. The molecule has 2 aliphatic carbocycles. The molecule has 8 heteroatoms. The highest BCUT2D eigenvalue weighted by atomic mass is 16.5. The number of carbonyl (C=O) groups excluding carboxylic acids is 1. The van der Waals surface area contributed by atoms with E-state index in [1.807, 2.05) is 19.1 Å². The van der Waals surface area contributed by atoms with Crippen LogP contribution >= 0.6 is 0 Å². The molecule has 3 aliphatic rings. The molecule has 2 N–H and O–H groups in total. The van der Waals surface area contributed by atoms with Crippen molar-refractivity contribution in [3.63, 3.8) is 0 Å². The molecule has 2 aromatic heterocycles. The van der Waals surface area contributed by atoms with Gasteiger partial charge < -0.3 is 29.1 Å². The third-order valence-corrected chi connectivity index (χ3v) is 8.62. The molecular formula is C32H36N4O4. The first-order valence-electron chi connectivity index (χ1n) is 14.6. The summed E-state index contributed by atoms with van der Waals surface area (Å²) in [5, 5.41) is 7.17. The highest BCUT2D eigenvalue weighted by molar-refractivity contribution is 6.04. The molecule has 8 nitrogen and oxygen atoms in total. The molecule has 4 aromatic rings. The smallest absolute Gasteiger partial charge is 0.319 e. The normalized spacial score (nSPS) is 18.3. The Morgan fingerprint density at radius 2 is 1.77 bits per heavy atom. The Labute approximate surface area is 234 Å². The molecular weight excluding hydrogens is 504 g/mol. The number of fused-ring (bicyclic) bond motifs is 1. The van der Waals surface area contributed by atoms with Crippen LogP contribution in [0.2, 0.25) is 0 Å². The monoisotopic (exact) mass is 540 g/mol. The number of ether oxygens (including phenoxy) is 2. The van der Waals surface area contributed by atoms with Gasteiger partial charge >= 0.3 is 6.03 Å². The molecule has 2 aromatic carbocycles. The van der Waals surface area contributed by atoms with E-state index in [-0.39, 0.29) is 12.1 Å². The van der Waals surface area contributed by atoms with E-state index in [2.05, 4.69) is 45.5 Å². The predicted octanol–water partition coefficient (Wildman–Crippen LogP) is 7.23. The summed E-state index contributed by atoms with van der Waals surface area (Å²) in [4.78, 5) is 17.2. The number of nitrogens with zero attached hydrogens (tertiary/aromatic N) is 2. The number of aromatic nitrogens is 2. The molecule has 0 unspecified atom stereocenters. The number of anilines is 1. The largest absolute Gasteiger partial charge is 0.490 e. The second-order valence-corrected chi connectivity index (χ2v) is 11.3. The zero-order valence-electron chi connectivity index (χ0n) is 22.9. The van der Waals surface area contributed by atoms with Crippen LogP contribution in [0, 0.1) is 6.92 Å². The minimum absolute atomic E-state index is 0.142. The van der Waals surface area contributed by atoms with E-state index in [0.717, 1.165) is 96.6 Å². The van der Waals surface area contributed by atoms with Crippen molar-refractivity contribution < 1.29 is 18.7 Å². The van der Waals surface area contributed by atoms with Gasteiger partial charge in [-0.1, -0.05) is 12.1 Å². The van der Waals surface area contributed by atoms with Gasteiger partial charge in [0.15, 0.2) is 5.89 Å². The number of urea groups is 1. The van der Waals surface area contributed by atoms with Gasteiger partial charge in [0.2, 0.25) is 0 Å². The van der Waals surface area contributed by atoms with E-state index in [4.69, 9.17) is 18.9 Å². The fourth-order valence-electron chi connectivity index (χ4n) is 6.01. The molecule has 7 rings (SSSR count). The summed E-state index contributed by atoms with van der Waals surface area (Å²) in [6.45, 7) is 3.37. The zero-order chi connectivity index (χ0) is 27.1. The van der Waals surface area contributed by atoms with Crippen molar-refractivity contribution in [1.29, 1.82) is 0 Å². The third-order valence-electron chi connectivity index (χ3n) is 8.62. The molecule has 0 bridgehead atoms. The van der Waals surface area contributed by atoms with Crippen LogP contribution in [-0.2, 0) is 4.74 Å². The lowest BCUT2D eigenvalue weighted by atomic mass is 9.92. The number of nitrogens with one attached hydrogen (secondary N) is 2. The fraction of sp³-hybridized carbons (Fsp3) is 0.438. The summed E-state index contributed by atoms with van der Waals surface area (Å²) in [5.74, 6) is 1.53. The second kappa shape index (κ2) is 10.7. The summed E-state index contributed by atoms with van der Waals surface area (Å²) in [5.41, 5.74) is 6.03. The van der Waals surface area contributed by atoms with E-state index in [9.17, 15) is 4.79 Å². The van der Waals surface area contributed by atoms with Crippen molar-refractivity contribution in [3.8, 4) is 28.3 Å². The van der Waals surface area contributed by atoms with Gasteiger partial charge in [-0.25, -0.2) is 9.78 Å². The summed E-state index contributed by atoms with van der Waals surface area (Å²) in [6.07, 6.45) is 10.6. The number of oxazole rings is 1. The number of hydrogen-bond acceptors (Lipinski definition) is 5. The van der Waals surface area contributed by atoms with Gasteiger partial charge in [-0.2, -0.15) is 0 Å². The van der Waals surface area contributed by atoms with E-state index in [1.165, 1.54) is 12.8 Å². The lowest BCUT2D eigenvalue weighted by Gasteiger charge is -2.30. The van der Waals surface area contributed by atoms with Crippen LogP contribution in [0.1, 0.15) is 63.3 Å². The number of rotatable bonds is 7. The van der Waals surface area contributed by atoms with Gasteiger partial charge in [0.05, 0.1) is 24.4 Å². The molecule has 2 amide bonds. The maximum Gasteiger partial charge on any atom is 0.319 e. The molecule has 0 spiro atoms. The van der Waals surface area contributed by atoms with Crippen LogP contribution in [-0.4, -0.2) is 40.9 Å². The third kappa shape index (κ3) is 4.85. The number of benzene rings is 2. The van der Waals surface area contributed by atoms with Crippen LogP contribution in [0.15, 0.2) is 53.1 Å².